The number of halogens is 1. The second kappa shape index (κ2) is 10.9. The maximum Gasteiger partial charge on any atom is 0.230 e. The largest absolute Gasteiger partial charge is 0.369 e. The first kappa shape index (κ1) is 23.6. The Morgan fingerprint density at radius 2 is 1.83 bits per heavy atom. The highest BCUT2D eigenvalue weighted by Crippen LogP contribution is 2.39. The number of aliphatic imine (C=N–C) groups is 1. The van der Waals surface area contributed by atoms with Gasteiger partial charge in [-0.25, -0.2) is 4.39 Å². The molecule has 4 N–H and O–H groups in total. The van der Waals surface area contributed by atoms with Gasteiger partial charge in [0.1, 0.15) is 5.82 Å². The van der Waals surface area contributed by atoms with Crippen LogP contribution in [0.15, 0.2) is 29.3 Å². The van der Waals surface area contributed by atoms with Crippen LogP contribution in [0, 0.1) is 17.2 Å². The Morgan fingerprint density at radius 1 is 1.20 bits per heavy atom. The first-order chi connectivity index (χ1) is 14.3. The number of nitrogens with zero attached hydrogens (tertiary/aromatic N) is 2. The van der Waals surface area contributed by atoms with Crippen molar-refractivity contribution in [1.29, 1.82) is 0 Å². The summed E-state index contributed by atoms with van der Waals surface area (Å²) in [5.74, 6) is -0.547. The highest BCUT2D eigenvalue weighted by atomic mass is 19.1. The Bertz CT molecular complexity index is 742. The van der Waals surface area contributed by atoms with E-state index in [1.165, 1.54) is 12.1 Å². The number of nitrogens with one attached hydrogen (secondary N) is 2. The normalized spacial score (nSPS) is 16.7. The van der Waals surface area contributed by atoms with Crippen LogP contribution < -0.4 is 16.4 Å². The van der Waals surface area contributed by atoms with E-state index in [1.807, 2.05) is 6.92 Å². The van der Waals surface area contributed by atoms with Crippen molar-refractivity contribution in [3.8, 4) is 0 Å². The average molecular weight is 420 g/mol. The van der Waals surface area contributed by atoms with Gasteiger partial charge in [0.15, 0.2) is 5.96 Å². The zero-order valence-corrected chi connectivity index (χ0v) is 18.2. The van der Waals surface area contributed by atoms with E-state index in [-0.39, 0.29) is 11.7 Å². The number of hydrogen-bond donors (Lipinski definition) is 3. The van der Waals surface area contributed by atoms with Crippen molar-refractivity contribution in [2.45, 2.75) is 39.0 Å². The molecule has 0 spiro atoms. The van der Waals surface area contributed by atoms with Crippen LogP contribution in [0.4, 0.5) is 4.39 Å². The summed E-state index contributed by atoms with van der Waals surface area (Å²) in [6.45, 7) is 3.31. The first-order valence-corrected chi connectivity index (χ1v) is 10.5. The predicted octanol–water partition coefficient (Wildman–Crippen LogP) is 1.67. The molecule has 8 heteroatoms. The fourth-order valence-corrected chi connectivity index (χ4v) is 3.94. The number of carbonyl (C=O) groups is 2. The first-order valence-electron chi connectivity index (χ1n) is 10.5. The summed E-state index contributed by atoms with van der Waals surface area (Å²) < 4.78 is 13.1. The molecule has 166 valence electrons. The lowest BCUT2D eigenvalue weighted by Gasteiger charge is -2.29. The van der Waals surface area contributed by atoms with Crippen molar-refractivity contribution in [3.05, 3.63) is 35.6 Å². The number of benzene rings is 1. The predicted molar refractivity (Wildman–Crippen MR) is 116 cm³/mol. The van der Waals surface area contributed by atoms with Crippen molar-refractivity contribution < 1.29 is 14.0 Å². The summed E-state index contributed by atoms with van der Waals surface area (Å²) in [6, 6.07) is 6.05. The van der Waals surface area contributed by atoms with Crippen molar-refractivity contribution in [1.82, 2.24) is 15.5 Å². The molecule has 0 aliphatic heterocycles. The van der Waals surface area contributed by atoms with Crippen LogP contribution in [0.3, 0.4) is 0 Å². The molecule has 0 aromatic heterocycles. The zero-order valence-electron chi connectivity index (χ0n) is 18.2. The van der Waals surface area contributed by atoms with Crippen LogP contribution in [0.25, 0.3) is 0 Å². The molecule has 0 heterocycles. The van der Waals surface area contributed by atoms with Gasteiger partial charge in [0.25, 0.3) is 0 Å². The van der Waals surface area contributed by atoms with E-state index in [1.54, 1.807) is 31.1 Å². The summed E-state index contributed by atoms with van der Waals surface area (Å²) in [7, 11) is 3.56. The Labute approximate surface area is 178 Å². The van der Waals surface area contributed by atoms with Crippen LogP contribution in [0.2, 0.25) is 0 Å². The number of amides is 2. The number of primary amides is 1. The van der Waals surface area contributed by atoms with E-state index in [4.69, 9.17) is 5.73 Å². The van der Waals surface area contributed by atoms with E-state index in [2.05, 4.69) is 15.6 Å². The van der Waals surface area contributed by atoms with Gasteiger partial charge in [-0.2, -0.15) is 0 Å². The maximum absolute atomic E-state index is 13.1. The molecule has 1 saturated carbocycles. The monoisotopic (exact) mass is 419 g/mol. The minimum absolute atomic E-state index is 0.117. The average Bonchev–Trinajstić information content (AvgIpc) is 3.19. The maximum atomic E-state index is 13.1. The van der Waals surface area contributed by atoms with Gasteiger partial charge in [0.2, 0.25) is 11.8 Å². The molecule has 1 aromatic carbocycles. The van der Waals surface area contributed by atoms with Crippen LogP contribution in [-0.4, -0.2) is 56.4 Å². The molecule has 0 radical (unpaired) electrons. The fraction of sp³-hybridized carbons (Fsp3) is 0.591. The third-order valence-corrected chi connectivity index (χ3v) is 5.62. The summed E-state index contributed by atoms with van der Waals surface area (Å²) in [5.41, 5.74) is 5.96. The number of rotatable bonds is 9. The molecule has 1 atom stereocenters. The van der Waals surface area contributed by atoms with Gasteiger partial charge in [0.05, 0.1) is 17.9 Å². The van der Waals surface area contributed by atoms with Gasteiger partial charge in [-0.05, 0) is 43.9 Å². The van der Waals surface area contributed by atoms with Crippen molar-refractivity contribution in [2.75, 3.05) is 33.7 Å². The SMILES string of the molecule is CCNC(=NCC1(C(=O)N(C)C)CCCC1)NCC(Cc1ccc(F)cc1)C(N)=O. The lowest BCUT2D eigenvalue weighted by molar-refractivity contribution is -0.138. The molecule has 2 amide bonds. The summed E-state index contributed by atoms with van der Waals surface area (Å²) >= 11 is 0. The van der Waals surface area contributed by atoms with Gasteiger partial charge in [-0.1, -0.05) is 25.0 Å². The molecule has 1 unspecified atom stereocenters. The minimum Gasteiger partial charge on any atom is -0.369 e. The summed E-state index contributed by atoms with van der Waals surface area (Å²) in [4.78, 5) is 31.0. The Hall–Kier alpha value is -2.64. The number of nitrogens with two attached hydrogens (primary N) is 1. The molecule has 7 nitrogen and oxygen atoms in total. The topological polar surface area (TPSA) is 99.8 Å². The second-order valence-corrected chi connectivity index (χ2v) is 8.19. The lowest BCUT2D eigenvalue weighted by Crippen LogP contribution is -2.45. The molecular weight excluding hydrogens is 385 g/mol. The molecule has 1 aromatic rings. The lowest BCUT2D eigenvalue weighted by atomic mass is 9.85. The van der Waals surface area contributed by atoms with Gasteiger partial charge < -0.3 is 21.3 Å². The molecule has 1 aliphatic carbocycles. The molecule has 1 fully saturated rings. The third-order valence-electron chi connectivity index (χ3n) is 5.62. The van der Waals surface area contributed by atoms with Gasteiger partial charge in [0, 0.05) is 27.2 Å². The number of carbonyl (C=O) groups excluding carboxylic acids is 2. The Kier molecular flexibility index (Phi) is 8.62. The van der Waals surface area contributed by atoms with E-state index < -0.39 is 17.2 Å². The molecular formula is C22H34FN5O2. The zero-order chi connectivity index (χ0) is 22.1. The molecule has 2 rings (SSSR count). The Morgan fingerprint density at radius 3 is 2.37 bits per heavy atom. The van der Waals surface area contributed by atoms with Crippen molar-refractivity contribution in [2.24, 2.45) is 22.1 Å². The fourth-order valence-electron chi connectivity index (χ4n) is 3.94. The molecule has 0 saturated heterocycles. The molecule has 1 aliphatic rings. The summed E-state index contributed by atoms with van der Waals surface area (Å²) in [5, 5.41) is 6.35. The van der Waals surface area contributed by atoms with E-state index >= 15 is 0 Å². The van der Waals surface area contributed by atoms with Crippen molar-refractivity contribution in [3.63, 3.8) is 0 Å². The van der Waals surface area contributed by atoms with Crippen LogP contribution in [-0.2, 0) is 16.0 Å². The van der Waals surface area contributed by atoms with Crippen molar-refractivity contribution >= 4 is 17.8 Å². The van der Waals surface area contributed by atoms with Gasteiger partial charge >= 0.3 is 0 Å². The summed E-state index contributed by atoms with van der Waals surface area (Å²) in [6.07, 6.45) is 4.13. The quantitative estimate of drug-likeness (QED) is 0.419. The van der Waals surface area contributed by atoms with E-state index in [0.29, 0.717) is 32.0 Å². The Balaban J connectivity index is 2.06. The molecule has 0 bridgehead atoms. The smallest absolute Gasteiger partial charge is 0.230 e. The van der Waals surface area contributed by atoms with Gasteiger partial charge in [-0.3, -0.25) is 14.6 Å². The number of guanidine groups is 1. The van der Waals surface area contributed by atoms with E-state index in [0.717, 1.165) is 31.2 Å². The van der Waals surface area contributed by atoms with Gasteiger partial charge in [-0.15, -0.1) is 0 Å². The second-order valence-electron chi connectivity index (χ2n) is 8.19. The van der Waals surface area contributed by atoms with E-state index in [9.17, 15) is 14.0 Å². The highest BCUT2D eigenvalue weighted by molar-refractivity contribution is 5.85. The third kappa shape index (κ3) is 6.43. The van der Waals surface area contributed by atoms with Crippen LogP contribution >= 0.6 is 0 Å². The highest BCUT2D eigenvalue weighted by Gasteiger charge is 2.42. The van der Waals surface area contributed by atoms with Crippen LogP contribution in [0.1, 0.15) is 38.2 Å². The minimum atomic E-state index is -0.469. The number of hydrogen-bond acceptors (Lipinski definition) is 3. The van der Waals surface area contributed by atoms with Crippen LogP contribution in [0.5, 0.6) is 0 Å². The molecule has 30 heavy (non-hydrogen) atoms. The standard InChI is InChI=1S/C22H34FN5O2/c1-4-25-21(27-15-22(11-5-6-12-22)20(30)28(2)3)26-14-17(19(24)29)13-16-7-9-18(23)10-8-16/h7-10,17H,4-6,11-15H2,1-3H3,(H2,24,29)(H2,25,26,27).